The highest BCUT2D eigenvalue weighted by Crippen LogP contribution is 2.32. The van der Waals surface area contributed by atoms with Crippen LogP contribution in [0.4, 0.5) is 0 Å². The summed E-state index contributed by atoms with van der Waals surface area (Å²) < 4.78 is 0. The summed E-state index contributed by atoms with van der Waals surface area (Å²) in [6, 6.07) is 4.80. The van der Waals surface area contributed by atoms with Crippen LogP contribution in [0.1, 0.15) is 29.1 Å². The Hall–Kier alpha value is -0.520. The number of carbonyl (C=O) groups is 1. The number of carboxylic acids is 1. The largest absolute Gasteiger partial charge is 0.481 e. The summed E-state index contributed by atoms with van der Waals surface area (Å²) in [5, 5.41) is 9.01. The summed E-state index contributed by atoms with van der Waals surface area (Å²) in [4.78, 5) is 16.0. The van der Waals surface area contributed by atoms with Crippen LogP contribution in [0.2, 0.25) is 0 Å². The molecule has 2 unspecified atom stereocenters. The van der Waals surface area contributed by atoms with Crippen molar-refractivity contribution in [3.05, 3.63) is 21.9 Å². The molecule has 1 N–H and O–H groups in total. The molecule has 0 saturated carbocycles. The summed E-state index contributed by atoms with van der Waals surface area (Å²) in [5.41, 5.74) is 0. The highest BCUT2D eigenvalue weighted by atomic mass is 32.2. The van der Waals surface area contributed by atoms with Crippen molar-refractivity contribution in [2.45, 2.75) is 32.4 Å². The zero-order chi connectivity index (χ0) is 13.1. The molecule has 1 fully saturated rings. The van der Waals surface area contributed by atoms with Gasteiger partial charge in [-0.05, 0) is 26.0 Å². The highest BCUT2D eigenvalue weighted by molar-refractivity contribution is 7.99. The van der Waals surface area contributed by atoms with E-state index in [0.717, 1.165) is 18.1 Å². The lowest BCUT2D eigenvalue weighted by Gasteiger charge is -2.38. The van der Waals surface area contributed by atoms with Gasteiger partial charge in [-0.2, -0.15) is 11.8 Å². The Bertz CT molecular complexity index is 419. The average Bonchev–Trinajstić information content (AvgIpc) is 2.75. The molecule has 2 rings (SSSR count). The standard InChI is InChI=1S/C13H19NO2S2/c1-9-3-4-12(18-9)10(2)14-5-6-17-8-11(14)7-13(15)16/h3-4,10-11H,5-8H2,1-2H3,(H,15,16). The maximum atomic E-state index is 10.9. The van der Waals surface area contributed by atoms with Crippen LogP contribution in [0.25, 0.3) is 0 Å². The molecule has 3 nitrogen and oxygen atoms in total. The van der Waals surface area contributed by atoms with Gasteiger partial charge in [-0.15, -0.1) is 11.3 Å². The minimum atomic E-state index is -0.693. The molecule has 0 radical (unpaired) electrons. The van der Waals surface area contributed by atoms with Crippen molar-refractivity contribution in [3.63, 3.8) is 0 Å². The van der Waals surface area contributed by atoms with Crippen molar-refractivity contribution in [2.75, 3.05) is 18.1 Å². The quantitative estimate of drug-likeness (QED) is 0.923. The van der Waals surface area contributed by atoms with Gasteiger partial charge >= 0.3 is 5.97 Å². The van der Waals surface area contributed by atoms with Crippen LogP contribution in [-0.2, 0) is 4.79 Å². The van der Waals surface area contributed by atoms with E-state index >= 15 is 0 Å². The van der Waals surface area contributed by atoms with E-state index in [0.29, 0.717) is 6.04 Å². The number of hydrogen-bond donors (Lipinski definition) is 1. The first-order valence-corrected chi connectivity index (χ1v) is 8.16. The van der Waals surface area contributed by atoms with E-state index < -0.39 is 5.97 Å². The van der Waals surface area contributed by atoms with Crippen molar-refractivity contribution < 1.29 is 9.90 Å². The van der Waals surface area contributed by atoms with Crippen molar-refractivity contribution in [1.82, 2.24) is 4.90 Å². The number of rotatable bonds is 4. The predicted molar refractivity (Wildman–Crippen MR) is 77.5 cm³/mol. The number of aryl methyl sites for hydroxylation is 1. The van der Waals surface area contributed by atoms with E-state index in [9.17, 15) is 4.79 Å². The van der Waals surface area contributed by atoms with Gasteiger partial charge in [0.1, 0.15) is 0 Å². The van der Waals surface area contributed by atoms with Crippen LogP contribution in [0.15, 0.2) is 12.1 Å². The Kier molecular flexibility index (Phi) is 4.70. The van der Waals surface area contributed by atoms with Gasteiger partial charge in [0.2, 0.25) is 0 Å². The van der Waals surface area contributed by atoms with Crippen LogP contribution in [0.5, 0.6) is 0 Å². The number of carboxylic acid groups (broad SMARTS) is 1. The van der Waals surface area contributed by atoms with E-state index in [4.69, 9.17) is 5.11 Å². The normalized spacial score (nSPS) is 22.9. The zero-order valence-electron chi connectivity index (χ0n) is 10.8. The second-order valence-electron chi connectivity index (χ2n) is 4.69. The summed E-state index contributed by atoms with van der Waals surface area (Å²) >= 11 is 3.68. The fourth-order valence-electron chi connectivity index (χ4n) is 2.40. The molecular weight excluding hydrogens is 266 g/mol. The van der Waals surface area contributed by atoms with Gasteiger partial charge in [-0.1, -0.05) is 0 Å². The molecule has 100 valence electrons. The number of thioether (sulfide) groups is 1. The maximum absolute atomic E-state index is 10.9. The predicted octanol–water partition coefficient (Wildman–Crippen LogP) is 3.01. The Balaban J connectivity index is 2.10. The summed E-state index contributed by atoms with van der Waals surface area (Å²) in [6.45, 7) is 5.29. The first-order valence-electron chi connectivity index (χ1n) is 6.19. The third-order valence-electron chi connectivity index (χ3n) is 3.35. The lowest BCUT2D eigenvalue weighted by molar-refractivity contribution is -0.138. The second kappa shape index (κ2) is 6.08. The highest BCUT2D eigenvalue weighted by Gasteiger charge is 2.29. The molecule has 0 aromatic carbocycles. The van der Waals surface area contributed by atoms with E-state index in [1.54, 1.807) is 0 Å². The zero-order valence-corrected chi connectivity index (χ0v) is 12.4. The molecule has 2 heterocycles. The Morgan fingerprint density at radius 1 is 1.61 bits per heavy atom. The van der Waals surface area contributed by atoms with Gasteiger partial charge in [-0.25, -0.2) is 0 Å². The van der Waals surface area contributed by atoms with Crippen LogP contribution in [-0.4, -0.2) is 40.1 Å². The van der Waals surface area contributed by atoms with E-state index in [-0.39, 0.29) is 12.5 Å². The van der Waals surface area contributed by atoms with Crippen LogP contribution in [0.3, 0.4) is 0 Å². The monoisotopic (exact) mass is 285 g/mol. The van der Waals surface area contributed by atoms with E-state index in [1.807, 2.05) is 23.1 Å². The first-order chi connectivity index (χ1) is 8.58. The number of thiophene rings is 1. The van der Waals surface area contributed by atoms with Gasteiger partial charge in [0.15, 0.2) is 0 Å². The maximum Gasteiger partial charge on any atom is 0.304 e. The average molecular weight is 285 g/mol. The molecule has 1 saturated heterocycles. The van der Waals surface area contributed by atoms with Crippen molar-refractivity contribution in [3.8, 4) is 0 Å². The van der Waals surface area contributed by atoms with E-state index in [1.165, 1.54) is 9.75 Å². The minimum absolute atomic E-state index is 0.165. The summed E-state index contributed by atoms with van der Waals surface area (Å²) in [6.07, 6.45) is 0.252. The molecule has 1 aliphatic rings. The van der Waals surface area contributed by atoms with Gasteiger partial charge in [0.25, 0.3) is 0 Å². The molecule has 0 spiro atoms. The fraction of sp³-hybridized carbons (Fsp3) is 0.615. The molecule has 0 bridgehead atoms. The Morgan fingerprint density at radius 2 is 2.39 bits per heavy atom. The van der Waals surface area contributed by atoms with Crippen LogP contribution < -0.4 is 0 Å². The third kappa shape index (κ3) is 3.28. The summed E-state index contributed by atoms with van der Waals surface area (Å²) in [7, 11) is 0. The molecule has 0 amide bonds. The van der Waals surface area contributed by atoms with Crippen LogP contribution >= 0.6 is 23.1 Å². The number of nitrogens with zero attached hydrogens (tertiary/aromatic N) is 1. The van der Waals surface area contributed by atoms with Gasteiger partial charge in [-0.3, -0.25) is 9.69 Å². The number of hydrogen-bond acceptors (Lipinski definition) is 4. The summed E-state index contributed by atoms with van der Waals surface area (Å²) in [5.74, 6) is 1.34. The van der Waals surface area contributed by atoms with Gasteiger partial charge < -0.3 is 5.11 Å². The molecule has 0 aliphatic carbocycles. The second-order valence-corrected chi connectivity index (χ2v) is 7.16. The van der Waals surface area contributed by atoms with Crippen LogP contribution in [0, 0.1) is 6.92 Å². The Morgan fingerprint density at radius 3 is 3.00 bits per heavy atom. The first kappa shape index (κ1) is 13.9. The lowest BCUT2D eigenvalue weighted by Crippen LogP contribution is -2.44. The topological polar surface area (TPSA) is 40.5 Å². The number of aliphatic carboxylic acids is 1. The molecule has 1 aromatic heterocycles. The Labute approximate surface area is 116 Å². The van der Waals surface area contributed by atoms with Crippen molar-refractivity contribution >= 4 is 29.1 Å². The molecule has 2 atom stereocenters. The smallest absolute Gasteiger partial charge is 0.304 e. The molecule has 1 aromatic rings. The van der Waals surface area contributed by atoms with Crippen molar-refractivity contribution in [2.24, 2.45) is 0 Å². The minimum Gasteiger partial charge on any atom is -0.481 e. The molecule has 1 aliphatic heterocycles. The van der Waals surface area contributed by atoms with Crippen molar-refractivity contribution in [1.29, 1.82) is 0 Å². The SMILES string of the molecule is Cc1ccc(C(C)N2CCSCC2CC(=O)O)s1. The lowest BCUT2D eigenvalue weighted by atomic mass is 10.1. The van der Waals surface area contributed by atoms with E-state index in [2.05, 4.69) is 30.9 Å². The molecule has 5 heteroatoms. The fourth-order valence-corrected chi connectivity index (χ4v) is 4.43. The molecule has 18 heavy (non-hydrogen) atoms. The van der Waals surface area contributed by atoms with Gasteiger partial charge in [0.05, 0.1) is 6.42 Å². The third-order valence-corrected chi connectivity index (χ3v) is 5.62. The molecular formula is C13H19NO2S2. The van der Waals surface area contributed by atoms with Gasteiger partial charge in [0, 0.05) is 39.9 Å².